The molecule has 0 aliphatic heterocycles. The molecule has 2 aliphatic carbocycles. The maximum Gasteiger partial charge on any atom is 0.514 e. The molecule has 1 heterocycles. The summed E-state index contributed by atoms with van der Waals surface area (Å²) in [4.78, 5) is 24.8. The molecule has 9 nitrogen and oxygen atoms in total. The number of carbonyl (C=O) groups excluding carboxylic acids is 2. The summed E-state index contributed by atoms with van der Waals surface area (Å²) in [6.07, 6.45) is 5.61. The molecule has 37 heavy (non-hydrogen) atoms. The Morgan fingerprint density at radius 1 is 1.14 bits per heavy atom. The van der Waals surface area contributed by atoms with Crippen molar-refractivity contribution in [1.82, 2.24) is 9.88 Å². The van der Waals surface area contributed by atoms with E-state index in [2.05, 4.69) is 11.4 Å². The van der Waals surface area contributed by atoms with Crippen molar-refractivity contribution in [2.24, 2.45) is 0 Å². The molecule has 2 aliphatic rings. The van der Waals surface area contributed by atoms with Gasteiger partial charge >= 0.3 is 12.2 Å². The first-order chi connectivity index (χ1) is 17.0. The first-order valence-corrected chi connectivity index (χ1v) is 12.5. The van der Waals surface area contributed by atoms with Crippen LogP contribution in [-0.4, -0.2) is 45.8 Å². The van der Waals surface area contributed by atoms with Gasteiger partial charge in [0, 0.05) is 11.9 Å². The number of ether oxygens (including phenoxy) is 4. The first-order valence-electron chi connectivity index (χ1n) is 12.5. The monoisotopic (exact) mass is 513 g/mol. The number of carbonyl (C=O) groups is 2. The zero-order valence-corrected chi connectivity index (χ0v) is 23.4. The van der Waals surface area contributed by atoms with Crippen molar-refractivity contribution in [2.45, 2.75) is 104 Å². The minimum Gasteiger partial charge on any atom is -0.444 e. The number of aryl methyl sites for hydroxylation is 1. The fourth-order valence-corrected chi connectivity index (χ4v) is 4.31. The van der Waals surface area contributed by atoms with Gasteiger partial charge in [0.15, 0.2) is 0 Å². The molecule has 2 atom stereocenters. The molecule has 0 spiro atoms. The molecule has 202 valence electrons. The molecule has 9 heteroatoms. The Morgan fingerprint density at radius 2 is 1.76 bits per heavy atom. The van der Waals surface area contributed by atoms with E-state index in [4.69, 9.17) is 18.9 Å². The molecule has 1 amide bonds. The summed E-state index contributed by atoms with van der Waals surface area (Å²) in [6, 6.07) is 3.56. The van der Waals surface area contributed by atoms with E-state index in [0.29, 0.717) is 11.3 Å². The van der Waals surface area contributed by atoms with E-state index in [1.54, 1.807) is 39.1 Å². The number of nitriles is 1. The highest BCUT2D eigenvalue weighted by atomic mass is 16.7. The molecule has 2 unspecified atom stereocenters. The Morgan fingerprint density at radius 3 is 2.27 bits per heavy atom. The van der Waals surface area contributed by atoms with Crippen molar-refractivity contribution in [1.29, 1.82) is 5.26 Å². The first kappa shape index (κ1) is 28.3. The van der Waals surface area contributed by atoms with Crippen LogP contribution in [0.5, 0.6) is 0 Å². The average molecular weight is 514 g/mol. The Balaban J connectivity index is 1.87. The Kier molecular flexibility index (Phi) is 7.58. The van der Waals surface area contributed by atoms with Crippen LogP contribution >= 0.6 is 0 Å². The normalized spacial score (nSPS) is 22.8. The third kappa shape index (κ3) is 7.16. The topological polar surface area (TPSA) is 112 Å². The van der Waals surface area contributed by atoms with Crippen LogP contribution in [0.2, 0.25) is 0 Å². The fourth-order valence-electron chi connectivity index (χ4n) is 4.31. The van der Waals surface area contributed by atoms with E-state index in [1.807, 2.05) is 52.2 Å². The second kappa shape index (κ2) is 9.90. The standard InChI is InChI=1S/C28H39N3O6/c1-18-14-20(15-29)16-31(18)22-19(2)21(35-24(33)37-26(6,7)8)10-11-27(22,9)34-17-28(12-13-28)30-23(32)36-25(3,4)5/h10-11,14,16,22H,12-13,17H2,1-9H3,(H,30,32). The number of hydrogen-bond donors (Lipinski definition) is 1. The molecule has 1 aromatic rings. The number of nitrogens with zero attached hydrogens (tertiary/aromatic N) is 2. The fraction of sp³-hybridized carbons (Fsp3) is 0.607. The zero-order valence-electron chi connectivity index (χ0n) is 23.4. The number of aromatic nitrogens is 1. The maximum atomic E-state index is 12.4. The van der Waals surface area contributed by atoms with E-state index >= 15 is 0 Å². The molecular formula is C28H39N3O6. The highest BCUT2D eigenvalue weighted by Gasteiger charge is 2.49. The predicted octanol–water partition coefficient (Wildman–Crippen LogP) is 5.84. The van der Waals surface area contributed by atoms with Crippen molar-refractivity contribution in [3.8, 4) is 6.07 Å². The van der Waals surface area contributed by atoms with Crippen LogP contribution < -0.4 is 5.32 Å². The van der Waals surface area contributed by atoms with E-state index in [0.717, 1.165) is 24.1 Å². The number of amides is 1. The van der Waals surface area contributed by atoms with E-state index < -0.39 is 40.6 Å². The number of hydrogen-bond acceptors (Lipinski definition) is 7. The Bertz CT molecular complexity index is 1150. The van der Waals surface area contributed by atoms with Gasteiger partial charge in [0.25, 0.3) is 0 Å². The van der Waals surface area contributed by atoms with Crippen LogP contribution in [0.3, 0.4) is 0 Å². The summed E-state index contributed by atoms with van der Waals surface area (Å²) >= 11 is 0. The minimum atomic E-state index is -0.868. The van der Waals surface area contributed by atoms with Gasteiger partial charge in [0.1, 0.15) is 28.6 Å². The van der Waals surface area contributed by atoms with Crippen LogP contribution in [0.25, 0.3) is 0 Å². The van der Waals surface area contributed by atoms with Gasteiger partial charge in [-0.1, -0.05) is 0 Å². The van der Waals surface area contributed by atoms with Crippen molar-refractivity contribution >= 4 is 12.2 Å². The van der Waals surface area contributed by atoms with Crippen molar-refractivity contribution in [3.63, 3.8) is 0 Å². The summed E-state index contributed by atoms with van der Waals surface area (Å²) in [6.45, 7) is 16.8. The van der Waals surface area contributed by atoms with Gasteiger partial charge in [-0.2, -0.15) is 5.26 Å². The summed E-state index contributed by atoms with van der Waals surface area (Å²) < 4.78 is 24.8. The van der Waals surface area contributed by atoms with Crippen molar-refractivity contribution < 1.29 is 28.5 Å². The highest BCUT2D eigenvalue weighted by molar-refractivity contribution is 5.69. The van der Waals surface area contributed by atoms with Crippen molar-refractivity contribution in [2.75, 3.05) is 6.61 Å². The van der Waals surface area contributed by atoms with Crippen LogP contribution in [0.1, 0.15) is 85.5 Å². The lowest BCUT2D eigenvalue weighted by Gasteiger charge is -2.41. The average Bonchev–Trinajstić information content (AvgIpc) is 3.39. The van der Waals surface area contributed by atoms with E-state index in [9.17, 15) is 14.9 Å². The lowest BCUT2D eigenvalue weighted by molar-refractivity contribution is -0.0420. The van der Waals surface area contributed by atoms with Gasteiger partial charge in [0.05, 0.1) is 23.8 Å². The quantitative estimate of drug-likeness (QED) is 0.476. The largest absolute Gasteiger partial charge is 0.514 e. The maximum absolute atomic E-state index is 12.4. The predicted molar refractivity (Wildman–Crippen MR) is 138 cm³/mol. The molecule has 1 N–H and O–H groups in total. The van der Waals surface area contributed by atoms with Crippen LogP contribution in [0, 0.1) is 18.3 Å². The Hall–Kier alpha value is -3.25. The lowest BCUT2D eigenvalue weighted by atomic mass is 9.84. The molecule has 3 rings (SSSR count). The smallest absolute Gasteiger partial charge is 0.444 e. The summed E-state index contributed by atoms with van der Waals surface area (Å²) in [5.41, 5.74) is -0.549. The number of nitrogens with one attached hydrogen (secondary N) is 1. The van der Waals surface area contributed by atoms with Crippen LogP contribution in [0.4, 0.5) is 9.59 Å². The molecule has 0 saturated heterocycles. The molecular weight excluding hydrogens is 474 g/mol. The molecule has 1 saturated carbocycles. The van der Waals surface area contributed by atoms with Crippen LogP contribution in [0.15, 0.2) is 35.7 Å². The summed E-state index contributed by atoms with van der Waals surface area (Å²) in [5.74, 6) is 0.361. The van der Waals surface area contributed by atoms with E-state index in [-0.39, 0.29) is 6.61 Å². The number of rotatable bonds is 6. The van der Waals surface area contributed by atoms with Crippen molar-refractivity contribution in [3.05, 3.63) is 47.0 Å². The third-order valence-electron chi connectivity index (χ3n) is 6.23. The van der Waals surface area contributed by atoms with E-state index in [1.165, 1.54) is 0 Å². The lowest BCUT2D eigenvalue weighted by Crippen LogP contribution is -2.47. The van der Waals surface area contributed by atoms with Gasteiger partial charge in [-0.25, -0.2) is 9.59 Å². The number of allylic oxidation sites excluding steroid dienone is 1. The molecule has 0 aromatic carbocycles. The highest BCUT2D eigenvalue weighted by Crippen LogP contribution is 2.44. The van der Waals surface area contributed by atoms with Gasteiger partial charge in [-0.3, -0.25) is 0 Å². The third-order valence-corrected chi connectivity index (χ3v) is 6.23. The van der Waals surface area contributed by atoms with Gasteiger partial charge in [0.2, 0.25) is 0 Å². The second-order valence-electron chi connectivity index (χ2n) is 12.1. The van der Waals surface area contributed by atoms with Crippen LogP contribution in [-0.2, 0) is 18.9 Å². The van der Waals surface area contributed by atoms with Gasteiger partial charge in [-0.15, -0.1) is 0 Å². The summed E-state index contributed by atoms with van der Waals surface area (Å²) in [5, 5.41) is 12.4. The molecule has 1 fully saturated rings. The molecule has 0 radical (unpaired) electrons. The SMILES string of the molecule is CC1=C(OC(=O)OC(C)(C)C)C=CC(C)(OCC2(NC(=O)OC(C)(C)C)CC2)C1n1cc(C#N)cc1C. The minimum absolute atomic E-state index is 0.268. The number of alkyl carbamates (subject to hydrolysis) is 1. The molecule has 1 aromatic heterocycles. The zero-order chi connectivity index (χ0) is 27.8. The molecule has 0 bridgehead atoms. The Labute approximate surface area is 219 Å². The van der Waals surface area contributed by atoms with Gasteiger partial charge < -0.3 is 28.8 Å². The summed E-state index contributed by atoms with van der Waals surface area (Å²) in [7, 11) is 0. The van der Waals surface area contributed by atoms with Gasteiger partial charge in [-0.05, 0) is 98.9 Å². The second-order valence-corrected chi connectivity index (χ2v) is 12.1.